The predicted octanol–water partition coefficient (Wildman–Crippen LogP) is 5.28. The van der Waals surface area contributed by atoms with E-state index in [0.717, 1.165) is 30.2 Å². The van der Waals surface area contributed by atoms with E-state index < -0.39 is 11.7 Å². The van der Waals surface area contributed by atoms with E-state index in [1.54, 1.807) is 24.1 Å². The minimum atomic E-state index is -4.60. The van der Waals surface area contributed by atoms with E-state index in [4.69, 9.17) is 10.00 Å². The molecular formula is C26H29F3N4O2. The molecule has 9 heteroatoms. The van der Waals surface area contributed by atoms with Crippen LogP contribution >= 0.6 is 0 Å². The van der Waals surface area contributed by atoms with Gasteiger partial charge in [-0.1, -0.05) is 12.1 Å². The summed E-state index contributed by atoms with van der Waals surface area (Å²) in [7, 11) is 1.63. The Bertz CT molecular complexity index is 1120. The fourth-order valence-corrected chi connectivity index (χ4v) is 5.37. The zero-order chi connectivity index (χ0) is 25.2. The second-order valence-electron chi connectivity index (χ2n) is 9.52. The molecule has 0 radical (unpaired) electrons. The number of nitrogens with zero attached hydrogens (tertiary/aromatic N) is 3. The van der Waals surface area contributed by atoms with E-state index in [1.807, 2.05) is 36.1 Å². The fraction of sp³-hybridized carbons (Fsp3) is 0.462. The Balaban J connectivity index is 1.48. The maximum atomic E-state index is 13.5. The molecule has 2 saturated heterocycles. The number of alkyl halides is 3. The number of nitriles is 1. The molecule has 1 unspecified atom stereocenters. The maximum Gasteiger partial charge on any atom is 0.417 e. The number of ether oxygens (including phenoxy) is 1. The summed E-state index contributed by atoms with van der Waals surface area (Å²) in [5, 5.41) is 12.1. The summed E-state index contributed by atoms with van der Waals surface area (Å²) in [6.45, 7) is 4.73. The van der Waals surface area contributed by atoms with Crippen molar-refractivity contribution in [1.29, 1.82) is 5.26 Å². The molecule has 2 amide bonds. The van der Waals surface area contributed by atoms with Crippen LogP contribution in [0.2, 0.25) is 0 Å². The van der Waals surface area contributed by atoms with E-state index in [1.165, 1.54) is 6.07 Å². The SMILES string of the molecule is COCC1CN(c2ccc(C#N)c(C(F)(F)F)c2)CC12CCN(C(=O)Nc1cccc(C)c1)CC2. The minimum Gasteiger partial charge on any atom is -0.384 e. The third-order valence-corrected chi connectivity index (χ3v) is 7.29. The third-order valence-electron chi connectivity index (χ3n) is 7.29. The van der Waals surface area contributed by atoms with Gasteiger partial charge in [-0.2, -0.15) is 18.4 Å². The maximum absolute atomic E-state index is 13.5. The molecule has 2 aromatic carbocycles. The monoisotopic (exact) mass is 486 g/mol. The summed E-state index contributed by atoms with van der Waals surface area (Å²) in [5.74, 6) is 0.125. The third kappa shape index (κ3) is 5.22. The minimum absolute atomic E-state index is 0.125. The summed E-state index contributed by atoms with van der Waals surface area (Å²) in [6.07, 6.45) is -3.12. The fourth-order valence-electron chi connectivity index (χ4n) is 5.37. The lowest BCUT2D eigenvalue weighted by Crippen LogP contribution is -2.48. The molecule has 186 valence electrons. The number of urea groups is 1. The number of hydrogen-bond donors (Lipinski definition) is 1. The van der Waals surface area contributed by atoms with E-state index >= 15 is 0 Å². The molecular weight excluding hydrogens is 457 g/mol. The van der Waals surface area contributed by atoms with Crippen molar-refractivity contribution in [3.05, 3.63) is 59.2 Å². The van der Waals surface area contributed by atoms with Gasteiger partial charge >= 0.3 is 12.2 Å². The first kappa shape index (κ1) is 24.9. The number of anilines is 2. The molecule has 2 aliphatic heterocycles. The summed E-state index contributed by atoms with van der Waals surface area (Å²) >= 11 is 0. The molecule has 35 heavy (non-hydrogen) atoms. The molecule has 0 saturated carbocycles. The number of hydrogen-bond acceptors (Lipinski definition) is 4. The summed E-state index contributed by atoms with van der Waals surface area (Å²) < 4.78 is 46.0. The van der Waals surface area contributed by atoms with Gasteiger partial charge in [0.2, 0.25) is 0 Å². The van der Waals surface area contributed by atoms with Crippen LogP contribution in [-0.2, 0) is 10.9 Å². The van der Waals surface area contributed by atoms with Crippen molar-refractivity contribution >= 4 is 17.4 Å². The molecule has 0 aliphatic carbocycles. The second kappa shape index (κ2) is 9.78. The molecule has 4 rings (SSSR count). The number of carbonyl (C=O) groups excluding carboxylic acids is 1. The van der Waals surface area contributed by atoms with Crippen LogP contribution in [0.4, 0.5) is 29.3 Å². The molecule has 1 spiro atoms. The quantitative estimate of drug-likeness (QED) is 0.638. The highest BCUT2D eigenvalue weighted by molar-refractivity contribution is 5.89. The van der Waals surface area contributed by atoms with Crippen molar-refractivity contribution < 1.29 is 22.7 Å². The van der Waals surface area contributed by atoms with Crippen molar-refractivity contribution in [1.82, 2.24) is 4.90 Å². The van der Waals surface area contributed by atoms with E-state index in [9.17, 15) is 18.0 Å². The van der Waals surface area contributed by atoms with Gasteiger partial charge in [-0.3, -0.25) is 0 Å². The number of methoxy groups -OCH3 is 1. The lowest BCUT2D eigenvalue weighted by Gasteiger charge is -2.42. The van der Waals surface area contributed by atoms with Crippen molar-refractivity contribution in [3.8, 4) is 6.07 Å². The first-order chi connectivity index (χ1) is 16.6. The number of amides is 2. The highest BCUT2D eigenvalue weighted by Gasteiger charge is 2.49. The van der Waals surface area contributed by atoms with Crippen LogP contribution in [0.5, 0.6) is 0 Å². The number of benzene rings is 2. The standard InChI is InChI=1S/C26H29F3N4O2/c1-18-4-3-5-21(12-18)31-24(34)32-10-8-25(9-11-32)17-33(15-20(25)16-35-2)22-7-6-19(14-30)23(13-22)26(27,28)29/h3-7,12-13,20H,8-11,15-17H2,1-2H3,(H,31,34). The van der Waals surface area contributed by atoms with Gasteiger partial charge in [0, 0.05) is 50.6 Å². The summed E-state index contributed by atoms with van der Waals surface area (Å²) in [5.41, 5.74) is 0.809. The van der Waals surface area contributed by atoms with Crippen LogP contribution in [-0.4, -0.2) is 50.8 Å². The molecule has 2 aliphatic rings. The van der Waals surface area contributed by atoms with E-state index in [2.05, 4.69) is 5.32 Å². The Morgan fingerprint density at radius 2 is 1.97 bits per heavy atom. The number of nitrogens with one attached hydrogen (secondary N) is 1. The van der Waals surface area contributed by atoms with Gasteiger partial charge in [0.15, 0.2) is 0 Å². The van der Waals surface area contributed by atoms with Gasteiger partial charge in [-0.15, -0.1) is 0 Å². The van der Waals surface area contributed by atoms with Gasteiger partial charge in [0.05, 0.1) is 23.8 Å². The van der Waals surface area contributed by atoms with Crippen LogP contribution in [0, 0.1) is 29.6 Å². The Hall–Kier alpha value is -3.25. The second-order valence-corrected chi connectivity index (χ2v) is 9.52. The average molecular weight is 487 g/mol. The van der Waals surface area contributed by atoms with Crippen LogP contribution in [0.1, 0.15) is 29.5 Å². The molecule has 0 bridgehead atoms. The Labute approximate surface area is 203 Å². The molecule has 2 aromatic rings. The zero-order valence-electron chi connectivity index (χ0n) is 19.9. The lowest BCUT2D eigenvalue weighted by atomic mass is 9.71. The molecule has 1 N–H and O–H groups in total. The topological polar surface area (TPSA) is 68.6 Å². The Morgan fingerprint density at radius 3 is 2.60 bits per heavy atom. The summed E-state index contributed by atoms with van der Waals surface area (Å²) in [4.78, 5) is 16.6. The molecule has 1 atom stereocenters. The molecule has 6 nitrogen and oxygen atoms in total. The zero-order valence-corrected chi connectivity index (χ0v) is 19.9. The van der Waals surface area contributed by atoms with Crippen molar-refractivity contribution in [2.45, 2.75) is 25.9 Å². The number of halogens is 3. The first-order valence-electron chi connectivity index (χ1n) is 11.6. The van der Waals surface area contributed by atoms with Gasteiger partial charge < -0.3 is 19.9 Å². The predicted molar refractivity (Wildman–Crippen MR) is 127 cm³/mol. The Morgan fingerprint density at radius 1 is 1.23 bits per heavy atom. The van der Waals surface area contributed by atoms with Crippen molar-refractivity contribution in [2.24, 2.45) is 11.3 Å². The number of likely N-dealkylation sites (tertiary alicyclic amines) is 1. The van der Waals surface area contributed by atoms with Crippen LogP contribution in [0.25, 0.3) is 0 Å². The first-order valence-corrected chi connectivity index (χ1v) is 11.6. The molecule has 0 aromatic heterocycles. The number of carbonyl (C=O) groups is 1. The number of rotatable bonds is 4. The number of aryl methyl sites for hydroxylation is 1. The average Bonchev–Trinajstić information content (AvgIpc) is 3.16. The summed E-state index contributed by atoms with van der Waals surface area (Å²) in [6, 6.07) is 13.0. The highest BCUT2D eigenvalue weighted by Crippen LogP contribution is 2.47. The lowest BCUT2D eigenvalue weighted by molar-refractivity contribution is -0.137. The molecule has 2 heterocycles. The highest BCUT2D eigenvalue weighted by atomic mass is 19.4. The van der Waals surface area contributed by atoms with Gasteiger partial charge in [0.25, 0.3) is 0 Å². The van der Waals surface area contributed by atoms with Crippen LogP contribution in [0.15, 0.2) is 42.5 Å². The van der Waals surface area contributed by atoms with Gasteiger partial charge in [-0.25, -0.2) is 4.79 Å². The van der Waals surface area contributed by atoms with Crippen LogP contribution < -0.4 is 10.2 Å². The largest absolute Gasteiger partial charge is 0.417 e. The molecule has 2 fully saturated rings. The van der Waals surface area contributed by atoms with Crippen molar-refractivity contribution in [2.75, 3.05) is 50.1 Å². The number of piperidine rings is 1. The van der Waals surface area contributed by atoms with Gasteiger partial charge in [0.1, 0.15) is 0 Å². The van der Waals surface area contributed by atoms with E-state index in [0.29, 0.717) is 38.5 Å². The normalized spacial score (nSPS) is 19.6. The van der Waals surface area contributed by atoms with Crippen molar-refractivity contribution in [3.63, 3.8) is 0 Å². The smallest absolute Gasteiger partial charge is 0.384 e. The Kier molecular flexibility index (Phi) is 6.95. The van der Waals surface area contributed by atoms with Crippen LogP contribution in [0.3, 0.4) is 0 Å². The van der Waals surface area contributed by atoms with Gasteiger partial charge in [-0.05, 0) is 61.1 Å². The van der Waals surface area contributed by atoms with E-state index in [-0.39, 0.29) is 22.9 Å².